The van der Waals surface area contributed by atoms with E-state index in [2.05, 4.69) is 32.7 Å². The van der Waals surface area contributed by atoms with Crippen molar-refractivity contribution >= 4 is 5.69 Å². The van der Waals surface area contributed by atoms with Gasteiger partial charge in [0, 0.05) is 17.8 Å². The maximum absolute atomic E-state index is 5.68. The highest BCUT2D eigenvalue weighted by Gasteiger charge is 2.20. The Morgan fingerprint density at radius 3 is 2.39 bits per heavy atom. The van der Waals surface area contributed by atoms with Gasteiger partial charge in [0.1, 0.15) is 5.75 Å². The van der Waals surface area contributed by atoms with Crippen molar-refractivity contribution in [1.82, 2.24) is 4.90 Å². The lowest BCUT2D eigenvalue weighted by molar-refractivity contribution is 0.140. The summed E-state index contributed by atoms with van der Waals surface area (Å²) in [5.41, 5.74) is 6.66. The van der Waals surface area contributed by atoms with E-state index in [1.54, 1.807) is 0 Å². The molecule has 0 aliphatic carbocycles. The van der Waals surface area contributed by atoms with Crippen LogP contribution in [0.15, 0.2) is 24.3 Å². The number of ether oxygens (including phenoxy) is 1. The van der Waals surface area contributed by atoms with Gasteiger partial charge in [-0.1, -0.05) is 6.92 Å². The fourth-order valence-electron chi connectivity index (χ4n) is 1.63. The largest absolute Gasteiger partial charge is 0.494 e. The Labute approximate surface area is 111 Å². The van der Waals surface area contributed by atoms with Gasteiger partial charge in [0.05, 0.1) is 6.61 Å². The van der Waals surface area contributed by atoms with Crippen LogP contribution in [0.5, 0.6) is 5.75 Å². The molecule has 0 amide bonds. The Morgan fingerprint density at radius 1 is 1.22 bits per heavy atom. The quantitative estimate of drug-likeness (QED) is 0.597. The van der Waals surface area contributed by atoms with Gasteiger partial charge >= 0.3 is 0 Å². The minimum atomic E-state index is 0.265. The summed E-state index contributed by atoms with van der Waals surface area (Å²) in [5.74, 6) is 0.890. The van der Waals surface area contributed by atoms with Crippen molar-refractivity contribution in [2.24, 2.45) is 0 Å². The van der Waals surface area contributed by atoms with Crippen molar-refractivity contribution in [3.63, 3.8) is 0 Å². The van der Waals surface area contributed by atoms with Gasteiger partial charge in [0.25, 0.3) is 0 Å². The minimum Gasteiger partial charge on any atom is -0.494 e. The molecule has 2 N–H and O–H groups in total. The molecule has 102 valence electrons. The lowest BCUT2D eigenvalue weighted by atomic mass is 10.00. The van der Waals surface area contributed by atoms with E-state index < -0.39 is 0 Å². The highest BCUT2D eigenvalue weighted by Crippen LogP contribution is 2.17. The zero-order valence-corrected chi connectivity index (χ0v) is 12.1. The smallest absolute Gasteiger partial charge is 0.119 e. The number of nitrogens with two attached hydrogens (primary N) is 1. The number of nitrogens with zero attached hydrogens (tertiary/aromatic N) is 1. The fraction of sp³-hybridized carbons (Fsp3) is 0.600. The predicted molar refractivity (Wildman–Crippen MR) is 78.0 cm³/mol. The van der Waals surface area contributed by atoms with Crippen LogP contribution in [-0.2, 0) is 0 Å². The van der Waals surface area contributed by atoms with E-state index in [-0.39, 0.29) is 5.54 Å². The summed E-state index contributed by atoms with van der Waals surface area (Å²) in [6, 6.07) is 7.55. The Morgan fingerprint density at radius 2 is 1.83 bits per heavy atom. The summed E-state index contributed by atoms with van der Waals surface area (Å²) in [7, 11) is 2.17. The van der Waals surface area contributed by atoms with Crippen LogP contribution < -0.4 is 10.5 Å². The van der Waals surface area contributed by atoms with E-state index in [9.17, 15) is 0 Å². The van der Waals surface area contributed by atoms with Gasteiger partial charge in [-0.25, -0.2) is 0 Å². The third-order valence-corrected chi connectivity index (χ3v) is 3.69. The molecular formula is C15H26N2O. The molecule has 1 aromatic rings. The van der Waals surface area contributed by atoms with Crippen molar-refractivity contribution in [2.75, 3.05) is 25.9 Å². The van der Waals surface area contributed by atoms with Gasteiger partial charge < -0.3 is 15.4 Å². The molecule has 0 atom stereocenters. The van der Waals surface area contributed by atoms with Gasteiger partial charge in [-0.3, -0.25) is 0 Å². The Kier molecular flexibility index (Phi) is 5.48. The first-order valence-electron chi connectivity index (χ1n) is 6.65. The van der Waals surface area contributed by atoms with Gasteiger partial charge in [-0.2, -0.15) is 0 Å². The Bertz CT molecular complexity index is 346. The van der Waals surface area contributed by atoms with Gasteiger partial charge in [-0.05, 0) is 58.0 Å². The first-order valence-corrected chi connectivity index (χ1v) is 6.65. The molecule has 0 radical (unpaired) electrons. The Hall–Kier alpha value is -1.22. The molecule has 0 aliphatic rings. The van der Waals surface area contributed by atoms with Gasteiger partial charge in [0.15, 0.2) is 0 Å². The highest BCUT2D eigenvalue weighted by molar-refractivity contribution is 5.41. The molecule has 1 aromatic carbocycles. The number of benzene rings is 1. The van der Waals surface area contributed by atoms with Crippen LogP contribution in [-0.4, -0.2) is 30.6 Å². The maximum atomic E-state index is 5.68. The van der Waals surface area contributed by atoms with E-state index in [4.69, 9.17) is 10.5 Å². The molecule has 0 heterocycles. The molecule has 0 spiro atoms. The number of anilines is 1. The van der Waals surface area contributed by atoms with Gasteiger partial charge in [0.2, 0.25) is 0 Å². The lowest BCUT2D eigenvalue weighted by Gasteiger charge is -2.34. The maximum Gasteiger partial charge on any atom is 0.119 e. The summed E-state index contributed by atoms with van der Waals surface area (Å²) in [6.07, 6.45) is 2.19. The fourth-order valence-corrected chi connectivity index (χ4v) is 1.63. The Balaban J connectivity index is 2.25. The molecule has 3 heteroatoms. The molecule has 1 rings (SSSR count). The van der Waals surface area contributed by atoms with Crippen LogP contribution in [0.4, 0.5) is 5.69 Å². The summed E-state index contributed by atoms with van der Waals surface area (Å²) in [5, 5.41) is 0. The highest BCUT2D eigenvalue weighted by atomic mass is 16.5. The number of rotatable bonds is 7. The lowest BCUT2D eigenvalue weighted by Crippen LogP contribution is -2.41. The summed E-state index contributed by atoms with van der Waals surface area (Å²) >= 11 is 0. The standard InChI is InChI=1S/C15H26N2O/c1-5-15(2,3)17(4)11-6-12-18-14-9-7-13(16)8-10-14/h7-10H,5-6,11-12,16H2,1-4H3. The zero-order chi connectivity index (χ0) is 13.6. The topological polar surface area (TPSA) is 38.5 Å². The zero-order valence-electron chi connectivity index (χ0n) is 12.1. The van der Waals surface area contributed by atoms with E-state index in [0.717, 1.165) is 37.4 Å². The second kappa shape index (κ2) is 6.64. The second-order valence-corrected chi connectivity index (χ2v) is 5.36. The predicted octanol–water partition coefficient (Wildman–Crippen LogP) is 3.16. The van der Waals surface area contributed by atoms with Crippen molar-refractivity contribution in [1.29, 1.82) is 0 Å². The van der Waals surface area contributed by atoms with E-state index in [1.807, 2.05) is 24.3 Å². The number of hydrogen-bond donors (Lipinski definition) is 1. The molecule has 18 heavy (non-hydrogen) atoms. The van der Waals surface area contributed by atoms with Crippen molar-refractivity contribution in [3.05, 3.63) is 24.3 Å². The van der Waals surface area contributed by atoms with Crippen LogP contribution in [0.25, 0.3) is 0 Å². The monoisotopic (exact) mass is 250 g/mol. The van der Waals surface area contributed by atoms with Crippen molar-refractivity contribution < 1.29 is 4.74 Å². The van der Waals surface area contributed by atoms with Crippen molar-refractivity contribution in [3.8, 4) is 5.75 Å². The molecule has 0 fully saturated rings. The average molecular weight is 250 g/mol. The molecule has 0 aliphatic heterocycles. The summed E-state index contributed by atoms with van der Waals surface area (Å²) in [6.45, 7) is 8.56. The second-order valence-electron chi connectivity index (χ2n) is 5.36. The first-order chi connectivity index (χ1) is 8.45. The molecule has 0 saturated heterocycles. The van der Waals surface area contributed by atoms with Crippen LogP contribution in [0, 0.1) is 0 Å². The summed E-state index contributed by atoms with van der Waals surface area (Å²) < 4.78 is 5.68. The van der Waals surface area contributed by atoms with Crippen LogP contribution in [0.1, 0.15) is 33.6 Å². The van der Waals surface area contributed by atoms with E-state index in [1.165, 1.54) is 0 Å². The van der Waals surface area contributed by atoms with Crippen LogP contribution in [0.2, 0.25) is 0 Å². The first kappa shape index (κ1) is 14.8. The number of hydrogen-bond acceptors (Lipinski definition) is 3. The molecular weight excluding hydrogens is 224 g/mol. The molecule has 3 nitrogen and oxygen atoms in total. The van der Waals surface area contributed by atoms with Gasteiger partial charge in [-0.15, -0.1) is 0 Å². The SMILES string of the molecule is CCC(C)(C)N(C)CCCOc1ccc(N)cc1. The van der Waals surface area contributed by atoms with Crippen LogP contribution in [0.3, 0.4) is 0 Å². The van der Waals surface area contributed by atoms with E-state index >= 15 is 0 Å². The molecule has 0 saturated carbocycles. The molecule has 0 aromatic heterocycles. The minimum absolute atomic E-state index is 0.265. The summed E-state index contributed by atoms with van der Waals surface area (Å²) in [4.78, 5) is 2.39. The third-order valence-electron chi connectivity index (χ3n) is 3.69. The van der Waals surface area contributed by atoms with E-state index in [0.29, 0.717) is 0 Å². The average Bonchev–Trinajstić information content (AvgIpc) is 2.36. The number of nitrogen functional groups attached to an aromatic ring is 1. The van der Waals surface area contributed by atoms with Crippen molar-refractivity contribution in [2.45, 2.75) is 39.2 Å². The third kappa shape index (κ3) is 4.57. The molecule has 0 unspecified atom stereocenters. The van der Waals surface area contributed by atoms with Crippen LogP contribution >= 0.6 is 0 Å². The molecule has 0 bridgehead atoms. The normalized spacial score (nSPS) is 11.8.